The molecule has 4 heteroatoms. The molecule has 1 aromatic rings. The molecule has 2 atom stereocenters. The van der Waals surface area contributed by atoms with Crippen molar-refractivity contribution < 1.29 is 14.6 Å². The number of rotatable bonds is 1. The minimum absolute atomic E-state index is 0.0656. The Morgan fingerprint density at radius 2 is 2.09 bits per heavy atom. The maximum atomic E-state index is 12.2. The van der Waals surface area contributed by atoms with Crippen LogP contribution >= 0.6 is 0 Å². The van der Waals surface area contributed by atoms with Crippen molar-refractivity contribution in [1.82, 2.24) is 5.32 Å². The number of nitrogens with one attached hydrogen (secondary N) is 1. The zero-order valence-corrected chi connectivity index (χ0v) is 14.5. The lowest BCUT2D eigenvalue weighted by molar-refractivity contribution is 0.0107. The monoisotopic (exact) mass is 315 g/mol. The van der Waals surface area contributed by atoms with Crippen molar-refractivity contribution in [3.63, 3.8) is 0 Å². The van der Waals surface area contributed by atoms with Crippen LogP contribution in [0.3, 0.4) is 0 Å². The Kier molecular flexibility index (Phi) is 3.66. The highest BCUT2D eigenvalue weighted by Crippen LogP contribution is 2.54. The molecule has 1 aliphatic carbocycles. The van der Waals surface area contributed by atoms with E-state index < -0.39 is 0 Å². The van der Waals surface area contributed by atoms with Gasteiger partial charge >= 0.3 is 0 Å². The van der Waals surface area contributed by atoms with Gasteiger partial charge in [-0.3, -0.25) is 4.79 Å². The fraction of sp³-hybridized carbons (Fsp3) is 0.526. The minimum Gasteiger partial charge on any atom is -0.507 e. The van der Waals surface area contributed by atoms with Gasteiger partial charge < -0.3 is 15.2 Å². The number of hydrogen-bond acceptors (Lipinski definition) is 3. The molecule has 1 aliphatic heterocycles. The average molecular weight is 315 g/mol. The van der Waals surface area contributed by atoms with E-state index in [9.17, 15) is 9.90 Å². The Morgan fingerprint density at radius 1 is 1.39 bits per heavy atom. The van der Waals surface area contributed by atoms with Crippen molar-refractivity contribution in [2.45, 2.75) is 52.1 Å². The number of hydrogen-bond donors (Lipinski definition) is 2. The highest BCUT2D eigenvalue weighted by Gasteiger charge is 2.46. The van der Waals surface area contributed by atoms with Crippen LogP contribution in [0.4, 0.5) is 0 Å². The summed E-state index contributed by atoms with van der Waals surface area (Å²) >= 11 is 0. The molecule has 2 N–H and O–H groups in total. The number of benzene rings is 1. The first-order valence-electron chi connectivity index (χ1n) is 8.21. The van der Waals surface area contributed by atoms with Gasteiger partial charge in [-0.2, -0.15) is 0 Å². The molecule has 1 aromatic carbocycles. The molecule has 0 bridgehead atoms. The molecule has 0 saturated heterocycles. The molecule has 0 radical (unpaired) electrons. The summed E-state index contributed by atoms with van der Waals surface area (Å²) in [5, 5.41) is 13.5. The fourth-order valence-corrected chi connectivity index (χ4v) is 4.10. The molecule has 4 nitrogen and oxygen atoms in total. The summed E-state index contributed by atoms with van der Waals surface area (Å²) in [7, 11) is 1.58. The number of carbonyl (C=O) groups is 1. The van der Waals surface area contributed by atoms with Gasteiger partial charge in [0.05, 0.1) is 5.56 Å². The van der Waals surface area contributed by atoms with E-state index in [-0.39, 0.29) is 23.2 Å². The van der Waals surface area contributed by atoms with Gasteiger partial charge in [-0.1, -0.05) is 11.6 Å². The molecule has 0 saturated carbocycles. The number of fused-ring (bicyclic) bond motifs is 3. The third-order valence-electron chi connectivity index (χ3n) is 5.30. The maximum Gasteiger partial charge on any atom is 0.255 e. The summed E-state index contributed by atoms with van der Waals surface area (Å²) < 4.78 is 6.23. The summed E-state index contributed by atoms with van der Waals surface area (Å²) in [6.45, 7) is 8.18. The third kappa shape index (κ3) is 2.41. The predicted octanol–water partition coefficient (Wildman–Crippen LogP) is 3.67. The molecule has 2 unspecified atom stereocenters. The van der Waals surface area contributed by atoms with Crippen molar-refractivity contribution >= 4 is 5.91 Å². The quantitative estimate of drug-likeness (QED) is 0.777. The van der Waals surface area contributed by atoms with Crippen LogP contribution in [-0.4, -0.2) is 23.7 Å². The zero-order chi connectivity index (χ0) is 16.9. The van der Waals surface area contributed by atoms with Crippen molar-refractivity contribution in [2.75, 3.05) is 7.05 Å². The number of carbonyl (C=O) groups excluding carboxylic acids is 1. The van der Waals surface area contributed by atoms with Crippen LogP contribution in [0.5, 0.6) is 11.5 Å². The van der Waals surface area contributed by atoms with Gasteiger partial charge in [-0.25, -0.2) is 0 Å². The zero-order valence-electron chi connectivity index (χ0n) is 14.5. The number of aryl methyl sites for hydroxylation is 1. The first kappa shape index (κ1) is 15.9. The number of ether oxygens (including phenoxy) is 1. The van der Waals surface area contributed by atoms with Gasteiger partial charge in [0, 0.05) is 24.4 Å². The standard InChI is InChI=1S/C19H25NO3/c1-10-6-7-13-12(8-10)16-14(23-19(13,3)4)9-11(2)15(17(16)21)18(22)20-5/h8-9,12-13,21H,6-7H2,1-5H3,(H,20,22). The summed E-state index contributed by atoms with van der Waals surface area (Å²) in [5.41, 5.74) is 2.88. The van der Waals surface area contributed by atoms with E-state index in [1.54, 1.807) is 7.05 Å². The van der Waals surface area contributed by atoms with E-state index >= 15 is 0 Å². The molecule has 0 spiro atoms. The molecule has 1 heterocycles. The van der Waals surface area contributed by atoms with Crippen LogP contribution < -0.4 is 10.1 Å². The number of phenols is 1. The average Bonchev–Trinajstić information content (AvgIpc) is 2.45. The van der Waals surface area contributed by atoms with Gasteiger partial charge in [-0.15, -0.1) is 0 Å². The van der Waals surface area contributed by atoms with E-state index in [1.165, 1.54) is 5.57 Å². The van der Waals surface area contributed by atoms with Crippen LogP contribution in [0.2, 0.25) is 0 Å². The van der Waals surface area contributed by atoms with E-state index in [4.69, 9.17) is 4.74 Å². The van der Waals surface area contributed by atoms with E-state index in [0.29, 0.717) is 17.2 Å². The maximum absolute atomic E-state index is 12.2. The Labute approximate surface area is 137 Å². The second-order valence-corrected chi connectivity index (χ2v) is 7.30. The first-order valence-corrected chi connectivity index (χ1v) is 8.21. The molecular weight excluding hydrogens is 290 g/mol. The van der Waals surface area contributed by atoms with Gasteiger partial charge in [-0.05, 0) is 52.2 Å². The Morgan fingerprint density at radius 3 is 2.74 bits per heavy atom. The summed E-state index contributed by atoms with van der Waals surface area (Å²) in [6, 6.07) is 1.88. The molecular formula is C19H25NO3. The molecule has 0 aromatic heterocycles. The fourth-order valence-electron chi connectivity index (χ4n) is 4.10. The second kappa shape index (κ2) is 5.29. The smallest absolute Gasteiger partial charge is 0.255 e. The van der Waals surface area contributed by atoms with Crippen molar-refractivity contribution in [3.05, 3.63) is 34.4 Å². The van der Waals surface area contributed by atoms with Gasteiger partial charge in [0.1, 0.15) is 17.1 Å². The number of allylic oxidation sites excluding steroid dienone is 2. The van der Waals surface area contributed by atoms with E-state index in [1.807, 2.05) is 13.0 Å². The lowest BCUT2D eigenvalue weighted by Gasteiger charge is -2.46. The Bertz CT molecular complexity index is 703. The second-order valence-electron chi connectivity index (χ2n) is 7.30. The summed E-state index contributed by atoms with van der Waals surface area (Å²) in [6.07, 6.45) is 4.32. The molecule has 3 rings (SSSR count). The van der Waals surface area contributed by atoms with E-state index in [0.717, 1.165) is 24.0 Å². The summed E-state index contributed by atoms with van der Waals surface area (Å²) in [5.74, 6) is 0.887. The third-order valence-corrected chi connectivity index (χ3v) is 5.30. The van der Waals surface area contributed by atoms with Crippen LogP contribution in [-0.2, 0) is 0 Å². The molecule has 0 fully saturated rings. The molecule has 124 valence electrons. The topological polar surface area (TPSA) is 58.6 Å². The lowest BCUT2D eigenvalue weighted by atomic mass is 9.67. The SMILES string of the molecule is CNC(=O)c1c(C)cc2c(c1O)C1C=C(C)CCC1C(C)(C)O2. The number of amides is 1. The first-order chi connectivity index (χ1) is 10.8. The van der Waals surface area contributed by atoms with Gasteiger partial charge in [0.2, 0.25) is 0 Å². The lowest BCUT2D eigenvalue weighted by Crippen LogP contribution is -2.45. The van der Waals surface area contributed by atoms with Crippen molar-refractivity contribution in [2.24, 2.45) is 5.92 Å². The highest BCUT2D eigenvalue weighted by atomic mass is 16.5. The minimum atomic E-state index is -0.289. The van der Waals surface area contributed by atoms with Crippen LogP contribution in [0.15, 0.2) is 17.7 Å². The number of phenolic OH excluding ortho intramolecular Hbond substituents is 1. The largest absolute Gasteiger partial charge is 0.507 e. The Hall–Kier alpha value is -1.97. The normalized spacial score (nSPS) is 24.8. The van der Waals surface area contributed by atoms with Crippen LogP contribution in [0, 0.1) is 12.8 Å². The number of aromatic hydroxyl groups is 1. The molecule has 2 aliphatic rings. The van der Waals surface area contributed by atoms with Crippen molar-refractivity contribution in [3.8, 4) is 11.5 Å². The summed E-state index contributed by atoms with van der Waals surface area (Å²) in [4.78, 5) is 12.2. The van der Waals surface area contributed by atoms with Gasteiger partial charge in [0.25, 0.3) is 5.91 Å². The van der Waals surface area contributed by atoms with Crippen LogP contribution in [0.25, 0.3) is 0 Å². The van der Waals surface area contributed by atoms with Crippen molar-refractivity contribution in [1.29, 1.82) is 0 Å². The predicted molar refractivity (Wildman–Crippen MR) is 90.2 cm³/mol. The molecule has 1 amide bonds. The van der Waals surface area contributed by atoms with Gasteiger partial charge in [0.15, 0.2) is 0 Å². The molecule has 23 heavy (non-hydrogen) atoms. The van der Waals surface area contributed by atoms with Crippen LogP contribution in [0.1, 0.15) is 61.0 Å². The Balaban J connectivity index is 2.25. The highest BCUT2D eigenvalue weighted by molar-refractivity contribution is 5.99. The van der Waals surface area contributed by atoms with E-state index in [2.05, 4.69) is 32.2 Å².